The molecule has 19 heteroatoms. The van der Waals surface area contributed by atoms with Crippen LogP contribution in [-0.2, 0) is 40.1 Å². The average molecular weight is 855 g/mol. The second-order valence-corrected chi connectivity index (χ2v) is 17.9. The Balaban J connectivity index is 0.000000249. The molecule has 4 fully saturated rings. The summed E-state index contributed by atoms with van der Waals surface area (Å²) in [6.45, 7) is -3.72. The van der Waals surface area contributed by atoms with Gasteiger partial charge in [-0.2, -0.15) is 35.1 Å². The zero-order chi connectivity index (χ0) is 41.9. The molecule has 0 amide bonds. The fraction of sp³-hybridized carbons (Fsp3) is 0.474. The quantitative estimate of drug-likeness (QED) is 0.0789. The lowest BCUT2D eigenvalue weighted by molar-refractivity contribution is -0.371. The van der Waals surface area contributed by atoms with Gasteiger partial charge in [0.1, 0.15) is 5.75 Å². The van der Waals surface area contributed by atoms with E-state index >= 15 is 0 Å². The van der Waals surface area contributed by atoms with Crippen LogP contribution >= 0.6 is 0 Å². The lowest BCUT2D eigenvalue weighted by atomic mass is 9.49. The van der Waals surface area contributed by atoms with E-state index in [-0.39, 0.29) is 5.75 Å². The Hall–Kier alpha value is -3.94. The molecule has 4 aliphatic rings. The lowest BCUT2D eigenvalue weighted by Gasteiger charge is -2.55. The first-order valence-electron chi connectivity index (χ1n) is 17.6. The normalized spacial score (nSPS) is 22.1. The SMILES string of the molecule is O=C(COc1ccc([S+](c2ccccc2)c2ccccc2)cc1)OCCC(O)(C(F)(F)F)C(F)(F)F.O=C(OCC(F)(F)S(=O)(=O)[O-])C12CC3CC(CC(C3)C1)C2. The summed E-state index contributed by atoms with van der Waals surface area (Å²) in [5.41, 5.74) is -5.72. The maximum absolute atomic E-state index is 13.1. The smallest absolute Gasteiger partial charge is 0.426 e. The molecule has 7 rings (SSSR count). The van der Waals surface area contributed by atoms with Crippen LogP contribution in [-0.4, -0.2) is 73.0 Å². The van der Waals surface area contributed by atoms with Gasteiger partial charge in [-0.15, -0.1) is 0 Å². The summed E-state index contributed by atoms with van der Waals surface area (Å²) in [5, 5.41) is 4.50. The number of rotatable bonds is 13. The highest BCUT2D eigenvalue weighted by Crippen LogP contribution is 2.60. The third-order valence-electron chi connectivity index (χ3n) is 10.2. The highest BCUT2D eigenvalue weighted by molar-refractivity contribution is 7.97. The van der Waals surface area contributed by atoms with Gasteiger partial charge >= 0.3 is 29.5 Å². The molecule has 312 valence electrons. The molecule has 57 heavy (non-hydrogen) atoms. The van der Waals surface area contributed by atoms with Gasteiger partial charge in [-0.3, -0.25) is 4.79 Å². The highest BCUT2D eigenvalue weighted by Gasteiger charge is 2.70. The number of esters is 2. The molecular weight excluding hydrogens is 817 g/mol. The van der Waals surface area contributed by atoms with E-state index < -0.39 is 87.8 Å². The summed E-state index contributed by atoms with van der Waals surface area (Å²) in [6.07, 6.45) is -8.70. The van der Waals surface area contributed by atoms with Gasteiger partial charge in [-0.1, -0.05) is 36.4 Å². The summed E-state index contributed by atoms with van der Waals surface area (Å²) in [6, 6.07) is 26.4. The number of carbonyl (C=O) groups excluding carboxylic acids is 2. The summed E-state index contributed by atoms with van der Waals surface area (Å²) in [7, 11) is -6.23. The van der Waals surface area contributed by atoms with Crippen molar-refractivity contribution in [3.63, 3.8) is 0 Å². The van der Waals surface area contributed by atoms with E-state index in [2.05, 4.69) is 9.47 Å². The molecule has 0 unspecified atom stereocenters. The molecule has 4 bridgehead atoms. The second kappa shape index (κ2) is 17.1. The van der Waals surface area contributed by atoms with Crippen LogP contribution in [0.4, 0.5) is 35.1 Å². The molecule has 0 radical (unpaired) electrons. The van der Waals surface area contributed by atoms with E-state index in [1.807, 2.05) is 60.7 Å². The fourth-order valence-electron chi connectivity index (χ4n) is 7.87. The maximum Gasteiger partial charge on any atom is 0.426 e. The first kappa shape index (κ1) is 44.2. The summed E-state index contributed by atoms with van der Waals surface area (Å²) in [5.74, 6) is -0.376. The number of benzene rings is 3. The van der Waals surface area contributed by atoms with E-state index in [1.165, 1.54) is 0 Å². The first-order valence-corrected chi connectivity index (χ1v) is 20.3. The van der Waals surface area contributed by atoms with E-state index in [0.29, 0.717) is 37.0 Å². The Labute approximate surface area is 325 Å². The van der Waals surface area contributed by atoms with Gasteiger partial charge in [0.05, 0.1) is 22.9 Å². The predicted octanol–water partition coefficient (Wildman–Crippen LogP) is 7.83. The van der Waals surface area contributed by atoms with Crippen LogP contribution in [0.3, 0.4) is 0 Å². The molecule has 0 aromatic heterocycles. The van der Waals surface area contributed by atoms with E-state index in [1.54, 1.807) is 24.3 Å². The molecule has 0 heterocycles. The van der Waals surface area contributed by atoms with Crippen LogP contribution in [0, 0.1) is 23.2 Å². The molecule has 3 aromatic carbocycles. The van der Waals surface area contributed by atoms with Crippen LogP contribution in [0.2, 0.25) is 0 Å². The Bertz CT molecular complexity index is 1850. The minimum Gasteiger partial charge on any atom is -0.743 e. The molecule has 0 aliphatic heterocycles. The predicted molar refractivity (Wildman–Crippen MR) is 186 cm³/mol. The highest BCUT2D eigenvalue weighted by atomic mass is 32.2. The number of ether oxygens (including phenoxy) is 3. The van der Waals surface area contributed by atoms with Crippen molar-refractivity contribution in [1.29, 1.82) is 0 Å². The van der Waals surface area contributed by atoms with Crippen LogP contribution in [0.15, 0.2) is 99.6 Å². The van der Waals surface area contributed by atoms with Crippen LogP contribution in [0.5, 0.6) is 5.75 Å². The van der Waals surface area contributed by atoms with Crippen molar-refractivity contribution in [3.8, 4) is 5.75 Å². The minimum absolute atomic E-state index is 0.252. The Morgan fingerprint density at radius 3 is 1.58 bits per heavy atom. The van der Waals surface area contributed by atoms with Gasteiger partial charge in [0.2, 0.25) is 0 Å². The van der Waals surface area contributed by atoms with Gasteiger partial charge in [0, 0.05) is 6.42 Å². The first-order chi connectivity index (χ1) is 26.5. The number of carbonyl (C=O) groups is 2. The monoisotopic (exact) mass is 854 g/mol. The van der Waals surface area contributed by atoms with Crippen molar-refractivity contribution < 1.29 is 77.0 Å². The number of aliphatic hydroxyl groups is 1. The largest absolute Gasteiger partial charge is 0.743 e. The van der Waals surface area contributed by atoms with Gasteiger partial charge in [-0.25, -0.2) is 13.2 Å². The molecule has 4 aliphatic carbocycles. The number of hydrogen-bond acceptors (Lipinski definition) is 9. The zero-order valence-corrected chi connectivity index (χ0v) is 31.6. The van der Waals surface area contributed by atoms with Crippen molar-refractivity contribution in [2.75, 3.05) is 19.8 Å². The van der Waals surface area contributed by atoms with Gasteiger partial charge in [-0.05, 0) is 105 Å². The van der Waals surface area contributed by atoms with Crippen LogP contribution in [0.1, 0.15) is 44.9 Å². The number of alkyl halides is 8. The lowest BCUT2D eigenvalue weighted by Crippen LogP contribution is -2.57. The molecule has 9 nitrogen and oxygen atoms in total. The minimum atomic E-state index is -5.98. The summed E-state index contributed by atoms with van der Waals surface area (Å²) < 4.78 is 148. The van der Waals surface area contributed by atoms with E-state index in [4.69, 9.17) is 9.84 Å². The van der Waals surface area contributed by atoms with Gasteiger partial charge < -0.3 is 23.9 Å². The molecule has 4 saturated carbocycles. The van der Waals surface area contributed by atoms with Crippen LogP contribution in [0.25, 0.3) is 0 Å². The molecule has 3 aromatic rings. The summed E-state index contributed by atoms with van der Waals surface area (Å²) >= 11 is 0. The maximum atomic E-state index is 13.1. The van der Waals surface area contributed by atoms with Crippen molar-refractivity contribution >= 4 is 33.0 Å². The van der Waals surface area contributed by atoms with Gasteiger partial charge in [0.25, 0.3) is 5.60 Å². The topological polar surface area (TPSA) is 139 Å². The van der Waals surface area contributed by atoms with E-state index in [0.717, 1.165) is 33.9 Å². The van der Waals surface area contributed by atoms with E-state index in [9.17, 15) is 57.7 Å². The summed E-state index contributed by atoms with van der Waals surface area (Å²) in [4.78, 5) is 27.1. The number of halogens is 8. The van der Waals surface area contributed by atoms with Crippen molar-refractivity contribution in [2.24, 2.45) is 23.2 Å². The number of hydrogen-bond donors (Lipinski definition) is 1. The van der Waals surface area contributed by atoms with Crippen molar-refractivity contribution in [2.45, 2.75) is 82.8 Å². The van der Waals surface area contributed by atoms with Crippen molar-refractivity contribution in [3.05, 3.63) is 84.9 Å². The van der Waals surface area contributed by atoms with Crippen molar-refractivity contribution in [1.82, 2.24) is 0 Å². The third-order valence-corrected chi connectivity index (χ3v) is 13.3. The third kappa shape index (κ3) is 10.4. The van der Waals surface area contributed by atoms with Crippen LogP contribution < -0.4 is 4.74 Å². The molecule has 0 atom stereocenters. The Morgan fingerprint density at radius 1 is 0.719 bits per heavy atom. The molecule has 1 N–H and O–H groups in total. The molecule has 0 saturated heterocycles. The molecule has 0 spiro atoms. The Kier molecular flexibility index (Phi) is 13.3. The average Bonchev–Trinajstić information content (AvgIpc) is 3.13. The Morgan fingerprint density at radius 2 is 1.16 bits per heavy atom. The second-order valence-electron chi connectivity index (χ2n) is 14.4. The molecular formula is C38H38F8O9S2. The van der Waals surface area contributed by atoms with Gasteiger partial charge in [0.15, 0.2) is 38.0 Å². The fourth-order valence-corrected chi connectivity index (χ4v) is 10.2. The standard InChI is InChI=1S/C25H21F6O4S.C13H18F2O5S/c26-24(27,28)23(33,25(29,30)31)15-16-34-22(32)17-35-18-11-13-21(14-12-18)36(19-7-3-1-4-8-19)20-9-5-2-6-10-20;14-13(15,21(17,18)19)7-20-11(16)12-4-8-1-9(5-12)3-10(2-8)6-12/h1-14,33H,15-17H2;8-10H,1-7H2,(H,17,18,19)/q+1;/p-1. The zero-order valence-electron chi connectivity index (χ0n) is 29.9.